The van der Waals surface area contributed by atoms with Gasteiger partial charge in [0.05, 0.1) is 6.61 Å². The van der Waals surface area contributed by atoms with Crippen molar-refractivity contribution < 1.29 is 39.3 Å². The monoisotopic (exact) mass is 495 g/mol. The van der Waals surface area contributed by atoms with E-state index in [1.54, 1.807) is 13.8 Å². The van der Waals surface area contributed by atoms with Gasteiger partial charge in [-0.1, -0.05) is 26.0 Å². The number of aliphatic hydroxyl groups excluding tert-OH is 1. The van der Waals surface area contributed by atoms with Crippen molar-refractivity contribution in [2.24, 2.45) is 17.4 Å². The number of phenols is 1. The van der Waals surface area contributed by atoms with E-state index in [0.717, 1.165) is 0 Å². The number of nitrogens with one attached hydrogen (secondary N) is 3. The fourth-order valence-corrected chi connectivity index (χ4v) is 3.03. The van der Waals surface area contributed by atoms with Crippen LogP contribution in [0.5, 0.6) is 5.75 Å². The van der Waals surface area contributed by atoms with Crippen LogP contribution < -0.4 is 27.4 Å². The van der Waals surface area contributed by atoms with Crippen LogP contribution >= 0.6 is 0 Å². The molecule has 0 spiro atoms. The molecule has 13 heteroatoms. The second kappa shape index (κ2) is 13.9. The van der Waals surface area contributed by atoms with Crippen molar-refractivity contribution >= 4 is 29.6 Å². The standard InChI is InChI=1S/C22H33N5O8/c1-11(2)18(27-19(31)14(23)10-28)21(33)26-16(9-12-3-5-13(29)6-4-12)20(32)25-15(22(34)35)7-8-17(24)30/h3-6,11,14-16,18,28-29H,7-10,23H2,1-2H3,(H2,24,30)(H,25,32)(H,26,33)(H,27,31)(H,34,35). The number of benzene rings is 1. The van der Waals surface area contributed by atoms with Gasteiger partial charge in [0.15, 0.2) is 0 Å². The van der Waals surface area contributed by atoms with Crippen LogP contribution in [0.1, 0.15) is 32.3 Å². The Bertz CT molecular complexity index is 906. The van der Waals surface area contributed by atoms with Crippen LogP contribution in [0.2, 0.25) is 0 Å². The fraction of sp³-hybridized carbons (Fsp3) is 0.500. The predicted molar refractivity (Wildman–Crippen MR) is 124 cm³/mol. The summed E-state index contributed by atoms with van der Waals surface area (Å²) in [5.41, 5.74) is 11.1. The van der Waals surface area contributed by atoms with Crippen molar-refractivity contribution in [2.75, 3.05) is 6.61 Å². The molecule has 0 heterocycles. The molecule has 0 aliphatic heterocycles. The van der Waals surface area contributed by atoms with Gasteiger partial charge in [0, 0.05) is 12.8 Å². The van der Waals surface area contributed by atoms with Gasteiger partial charge in [0.1, 0.15) is 29.9 Å². The van der Waals surface area contributed by atoms with Gasteiger partial charge in [-0.3, -0.25) is 19.2 Å². The van der Waals surface area contributed by atoms with Gasteiger partial charge in [-0.25, -0.2) is 4.79 Å². The molecule has 0 bridgehead atoms. The Morgan fingerprint density at radius 1 is 0.914 bits per heavy atom. The minimum Gasteiger partial charge on any atom is -0.508 e. The smallest absolute Gasteiger partial charge is 0.326 e. The lowest BCUT2D eigenvalue weighted by molar-refractivity contribution is -0.142. The minimum absolute atomic E-state index is 0.0148. The van der Waals surface area contributed by atoms with Gasteiger partial charge in [0.2, 0.25) is 23.6 Å². The van der Waals surface area contributed by atoms with E-state index in [2.05, 4.69) is 16.0 Å². The highest BCUT2D eigenvalue weighted by Crippen LogP contribution is 2.13. The molecule has 1 aromatic rings. The van der Waals surface area contributed by atoms with E-state index >= 15 is 0 Å². The van der Waals surface area contributed by atoms with Gasteiger partial charge in [0.25, 0.3) is 0 Å². The summed E-state index contributed by atoms with van der Waals surface area (Å²) in [7, 11) is 0. The second-order valence-corrected chi connectivity index (χ2v) is 8.36. The van der Waals surface area contributed by atoms with Crippen molar-refractivity contribution in [2.45, 2.75) is 57.3 Å². The zero-order valence-corrected chi connectivity index (χ0v) is 19.6. The number of nitrogens with two attached hydrogens (primary N) is 2. The maximum atomic E-state index is 13.0. The molecule has 0 aliphatic carbocycles. The molecular formula is C22H33N5O8. The predicted octanol–water partition coefficient (Wildman–Crippen LogP) is -2.29. The number of aliphatic carboxylic acids is 1. The number of primary amides is 1. The summed E-state index contributed by atoms with van der Waals surface area (Å²) in [6, 6.07) is 0.738. The Labute approximate surface area is 202 Å². The van der Waals surface area contributed by atoms with E-state index in [0.29, 0.717) is 5.56 Å². The summed E-state index contributed by atoms with van der Waals surface area (Å²) in [6.07, 6.45) is -0.603. The largest absolute Gasteiger partial charge is 0.508 e. The molecule has 1 rings (SSSR count). The summed E-state index contributed by atoms with van der Waals surface area (Å²) in [5, 5.41) is 35.2. The average Bonchev–Trinajstić information content (AvgIpc) is 2.79. The average molecular weight is 496 g/mol. The first-order chi connectivity index (χ1) is 16.3. The van der Waals surface area contributed by atoms with E-state index in [1.807, 2.05) is 0 Å². The van der Waals surface area contributed by atoms with Crippen LogP contribution in [0, 0.1) is 5.92 Å². The van der Waals surface area contributed by atoms with E-state index < -0.39 is 66.3 Å². The molecule has 0 saturated heterocycles. The van der Waals surface area contributed by atoms with Crippen molar-refractivity contribution in [1.82, 2.24) is 16.0 Å². The number of carbonyl (C=O) groups excluding carboxylic acids is 4. The van der Waals surface area contributed by atoms with Crippen LogP contribution in [0.15, 0.2) is 24.3 Å². The first kappa shape index (κ1) is 29.3. The molecule has 0 aromatic heterocycles. The second-order valence-electron chi connectivity index (χ2n) is 8.36. The third kappa shape index (κ3) is 9.98. The van der Waals surface area contributed by atoms with Crippen molar-refractivity contribution in [3.8, 4) is 5.75 Å². The van der Waals surface area contributed by atoms with E-state index in [1.165, 1.54) is 24.3 Å². The minimum atomic E-state index is -1.43. The Morgan fingerprint density at radius 3 is 1.97 bits per heavy atom. The SMILES string of the molecule is CC(C)C(NC(=O)C(N)CO)C(=O)NC(Cc1ccc(O)cc1)C(=O)NC(CCC(N)=O)C(=O)O. The Balaban J connectivity index is 3.13. The van der Waals surface area contributed by atoms with Crippen LogP contribution in [-0.2, 0) is 30.4 Å². The number of rotatable bonds is 14. The van der Waals surface area contributed by atoms with Gasteiger partial charge < -0.3 is 42.7 Å². The molecule has 194 valence electrons. The number of amides is 4. The highest BCUT2D eigenvalue weighted by atomic mass is 16.4. The van der Waals surface area contributed by atoms with Gasteiger partial charge in [-0.2, -0.15) is 0 Å². The topological polar surface area (TPSA) is 234 Å². The lowest BCUT2D eigenvalue weighted by Gasteiger charge is -2.27. The maximum Gasteiger partial charge on any atom is 0.326 e. The van der Waals surface area contributed by atoms with Crippen molar-refractivity contribution in [3.05, 3.63) is 29.8 Å². The van der Waals surface area contributed by atoms with E-state index in [9.17, 15) is 34.2 Å². The first-order valence-electron chi connectivity index (χ1n) is 10.9. The highest BCUT2D eigenvalue weighted by Gasteiger charge is 2.31. The normalized spacial score (nSPS) is 14.3. The molecule has 4 atom stereocenters. The summed E-state index contributed by atoms with van der Waals surface area (Å²) in [4.78, 5) is 60.7. The van der Waals surface area contributed by atoms with Crippen molar-refractivity contribution in [3.63, 3.8) is 0 Å². The van der Waals surface area contributed by atoms with Crippen molar-refractivity contribution in [1.29, 1.82) is 0 Å². The molecule has 0 aliphatic rings. The van der Waals surface area contributed by atoms with Gasteiger partial charge >= 0.3 is 5.97 Å². The van der Waals surface area contributed by atoms with E-state index in [-0.39, 0.29) is 25.0 Å². The van der Waals surface area contributed by atoms with E-state index in [4.69, 9.17) is 16.6 Å². The number of phenolic OH excluding ortho intramolecular Hbond substituents is 1. The molecular weight excluding hydrogens is 462 g/mol. The van der Waals surface area contributed by atoms with Gasteiger partial charge in [-0.15, -0.1) is 0 Å². The Hall–Kier alpha value is -3.71. The number of carboxylic acids is 1. The summed E-state index contributed by atoms with van der Waals surface area (Å²) >= 11 is 0. The first-order valence-corrected chi connectivity index (χ1v) is 10.9. The highest BCUT2D eigenvalue weighted by molar-refractivity contribution is 5.94. The van der Waals surface area contributed by atoms with Crippen LogP contribution in [0.25, 0.3) is 0 Å². The molecule has 0 saturated carbocycles. The zero-order valence-electron chi connectivity index (χ0n) is 19.6. The molecule has 35 heavy (non-hydrogen) atoms. The third-order valence-electron chi connectivity index (χ3n) is 5.08. The number of hydrogen-bond donors (Lipinski definition) is 8. The number of aromatic hydroxyl groups is 1. The lowest BCUT2D eigenvalue weighted by Crippen LogP contribution is -2.59. The quantitative estimate of drug-likeness (QED) is 0.138. The Kier molecular flexibility index (Phi) is 11.6. The summed E-state index contributed by atoms with van der Waals surface area (Å²) < 4.78 is 0. The number of carbonyl (C=O) groups is 5. The summed E-state index contributed by atoms with van der Waals surface area (Å²) in [5.74, 6) is -4.91. The lowest BCUT2D eigenvalue weighted by atomic mass is 10.00. The van der Waals surface area contributed by atoms with Crippen LogP contribution in [0.3, 0.4) is 0 Å². The molecule has 10 N–H and O–H groups in total. The number of hydrogen-bond acceptors (Lipinski definition) is 8. The maximum absolute atomic E-state index is 13.0. The molecule has 0 radical (unpaired) electrons. The third-order valence-corrected chi connectivity index (χ3v) is 5.08. The summed E-state index contributed by atoms with van der Waals surface area (Å²) in [6.45, 7) is 2.66. The molecule has 4 unspecified atom stereocenters. The molecule has 4 amide bonds. The number of aliphatic hydroxyl groups is 1. The zero-order chi connectivity index (χ0) is 26.7. The van der Waals surface area contributed by atoms with Crippen LogP contribution in [-0.4, -0.2) is 75.7 Å². The molecule has 1 aromatic carbocycles. The van der Waals surface area contributed by atoms with Gasteiger partial charge in [-0.05, 0) is 30.0 Å². The number of carboxylic acid groups (broad SMARTS) is 1. The Morgan fingerprint density at radius 2 is 1.49 bits per heavy atom. The fourth-order valence-electron chi connectivity index (χ4n) is 3.03. The molecule has 13 nitrogen and oxygen atoms in total. The van der Waals surface area contributed by atoms with Crippen LogP contribution in [0.4, 0.5) is 0 Å². The molecule has 0 fully saturated rings.